The van der Waals surface area contributed by atoms with Crippen LogP contribution in [0.15, 0.2) is 74.4 Å². The largest absolute Gasteiger partial charge is 0.493 e. The topological polar surface area (TPSA) is 115 Å². The first kappa shape index (κ1) is 56.0. The second kappa shape index (κ2) is 25.7. The number of hydrogen-bond acceptors (Lipinski definition) is 6. The molecule has 0 aliphatic rings. The highest BCUT2D eigenvalue weighted by Crippen LogP contribution is 2.46. The van der Waals surface area contributed by atoms with Gasteiger partial charge in [0.25, 0.3) is 0 Å². The monoisotopic (exact) mass is 920 g/mol. The van der Waals surface area contributed by atoms with Crippen molar-refractivity contribution in [2.45, 2.75) is 163 Å². The summed E-state index contributed by atoms with van der Waals surface area (Å²) in [7, 11) is 0. The lowest BCUT2D eigenvalue weighted by molar-refractivity contribution is -0.117. The van der Waals surface area contributed by atoms with Crippen LogP contribution >= 0.6 is 0 Å². The van der Waals surface area contributed by atoms with Gasteiger partial charge in [-0.2, -0.15) is 0 Å². The van der Waals surface area contributed by atoms with Crippen LogP contribution in [0.2, 0.25) is 0 Å². The fourth-order valence-electron chi connectivity index (χ4n) is 8.47. The molecule has 9 nitrogen and oxygen atoms in total. The fraction of sp³-hybridized carbons (Fsp3) is 0.534. The van der Waals surface area contributed by atoms with Crippen LogP contribution in [-0.4, -0.2) is 57.2 Å². The van der Waals surface area contributed by atoms with Gasteiger partial charge in [-0.25, -0.2) is 0 Å². The van der Waals surface area contributed by atoms with E-state index in [0.717, 1.165) is 62.2 Å². The molecule has 1 atom stereocenters. The van der Waals surface area contributed by atoms with Gasteiger partial charge in [-0.3, -0.25) is 14.4 Å². The van der Waals surface area contributed by atoms with Crippen LogP contribution in [0.3, 0.4) is 0 Å². The third-order valence-corrected chi connectivity index (χ3v) is 12.3. The van der Waals surface area contributed by atoms with Crippen molar-refractivity contribution < 1.29 is 28.6 Å². The van der Waals surface area contributed by atoms with Crippen molar-refractivity contribution in [3.8, 4) is 17.2 Å². The van der Waals surface area contributed by atoms with Gasteiger partial charge >= 0.3 is 0 Å². The predicted molar refractivity (Wildman–Crippen MR) is 278 cm³/mol. The molecule has 67 heavy (non-hydrogen) atoms. The Labute approximate surface area is 405 Å². The highest BCUT2D eigenvalue weighted by Gasteiger charge is 2.31. The SMILES string of the molecule is C=CC(=O)NCCCCOc1cc(C)c(C(C)CC(c2cc(C(C)(C)C)c(OCCCCNC(=O)C=C)cc2C)c2cc(C(C)(C)C)c(OCCCCNC(=O)C=C)cc2C)cc1C(C)(C)C. The predicted octanol–water partition coefficient (Wildman–Crippen LogP) is 12.2. The fourth-order valence-corrected chi connectivity index (χ4v) is 8.47. The van der Waals surface area contributed by atoms with E-state index in [1.807, 2.05) is 0 Å². The molecule has 0 spiro atoms. The zero-order valence-electron chi connectivity index (χ0n) is 43.6. The summed E-state index contributed by atoms with van der Waals surface area (Å²) in [5.41, 5.74) is 10.4. The van der Waals surface area contributed by atoms with Crippen LogP contribution in [-0.2, 0) is 30.6 Å². The molecule has 0 heterocycles. The van der Waals surface area contributed by atoms with Crippen molar-refractivity contribution >= 4 is 17.7 Å². The molecule has 0 aliphatic heterocycles. The highest BCUT2D eigenvalue weighted by molar-refractivity contribution is 5.87. The normalized spacial score (nSPS) is 12.3. The van der Waals surface area contributed by atoms with Gasteiger partial charge in [0.05, 0.1) is 19.8 Å². The molecule has 0 saturated carbocycles. The second-order valence-corrected chi connectivity index (χ2v) is 21.2. The molecule has 3 aromatic carbocycles. The first-order valence-corrected chi connectivity index (χ1v) is 24.5. The number of carbonyl (C=O) groups is 3. The number of rotatable bonds is 26. The van der Waals surface area contributed by atoms with E-state index < -0.39 is 0 Å². The van der Waals surface area contributed by atoms with Crippen molar-refractivity contribution in [3.05, 3.63) is 124 Å². The van der Waals surface area contributed by atoms with E-state index in [9.17, 15) is 14.4 Å². The Kier molecular flexibility index (Phi) is 21.5. The Hall–Kier alpha value is -5.31. The Morgan fingerprint density at radius 3 is 1.06 bits per heavy atom. The minimum atomic E-state index is -0.197. The van der Waals surface area contributed by atoms with Crippen molar-refractivity contribution in [1.82, 2.24) is 16.0 Å². The van der Waals surface area contributed by atoms with Gasteiger partial charge in [0, 0.05) is 25.6 Å². The molecule has 0 aliphatic carbocycles. The number of aryl methyl sites for hydroxylation is 3. The summed E-state index contributed by atoms with van der Waals surface area (Å²) in [5, 5.41) is 8.58. The second-order valence-electron chi connectivity index (χ2n) is 21.2. The zero-order valence-corrected chi connectivity index (χ0v) is 43.6. The van der Waals surface area contributed by atoms with Crippen LogP contribution in [0.5, 0.6) is 17.2 Å². The molecule has 0 saturated heterocycles. The van der Waals surface area contributed by atoms with E-state index >= 15 is 0 Å². The van der Waals surface area contributed by atoms with Gasteiger partial charge in [0.2, 0.25) is 17.7 Å². The van der Waals surface area contributed by atoms with E-state index in [0.29, 0.717) is 39.5 Å². The van der Waals surface area contributed by atoms with Crippen molar-refractivity contribution in [2.75, 3.05) is 39.5 Å². The maximum atomic E-state index is 11.7. The molecular formula is C58H85N3O6. The number of benzene rings is 3. The molecule has 9 heteroatoms. The van der Waals surface area contributed by atoms with Gasteiger partial charge in [-0.05, 0) is 174 Å². The van der Waals surface area contributed by atoms with Crippen LogP contribution in [0.25, 0.3) is 0 Å². The van der Waals surface area contributed by atoms with Crippen molar-refractivity contribution in [1.29, 1.82) is 0 Å². The number of unbranched alkanes of at least 4 members (excludes halogenated alkanes) is 3. The lowest BCUT2D eigenvalue weighted by Gasteiger charge is -2.32. The minimum Gasteiger partial charge on any atom is -0.493 e. The van der Waals surface area contributed by atoms with Crippen LogP contribution in [0.4, 0.5) is 0 Å². The zero-order chi connectivity index (χ0) is 50.1. The lowest BCUT2D eigenvalue weighted by atomic mass is 9.74. The van der Waals surface area contributed by atoms with Crippen molar-refractivity contribution in [3.63, 3.8) is 0 Å². The molecule has 368 valence electrons. The molecule has 0 radical (unpaired) electrons. The number of ether oxygens (including phenoxy) is 3. The number of hydrogen-bond donors (Lipinski definition) is 3. The molecule has 0 bridgehead atoms. The molecule has 0 fully saturated rings. The Bertz CT molecular complexity index is 2070. The van der Waals surface area contributed by atoms with Gasteiger partial charge in [-0.1, -0.05) is 107 Å². The highest BCUT2D eigenvalue weighted by atomic mass is 16.5. The first-order chi connectivity index (χ1) is 31.4. The van der Waals surface area contributed by atoms with Gasteiger partial charge < -0.3 is 30.2 Å². The van der Waals surface area contributed by atoms with Crippen LogP contribution in [0, 0.1) is 20.8 Å². The number of amides is 3. The average molecular weight is 920 g/mol. The smallest absolute Gasteiger partial charge is 0.243 e. The van der Waals surface area contributed by atoms with Gasteiger partial charge in [0.15, 0.2) is 0 Å². The molecule has 3 aromatic rings. The quantitative estimate of drug-likeness (QED) is 0.0546. The minimum absolute atomic E-state index is 0.0391. The summed E-state index contributed by atoms with van der Waals surface area (Å²) < 4.78 is 19.7. The van der Waals surface area contributed by atoms with Gasteiger partial charge in [-0.15, -0.1) is 0 Å². The molecular weight excluding hydrogens is 835 g/mol. The number of carbonyl (C=O) groups excluding carboxylic acids is 3. The summed E-state index contributed by atoms with van der Waals surface area (Å²) in [5.74, 6) is 2.46. The maximum Gasteiger partial charge on any atom is 0.243 e. The molecule has 3 N–H and O–H groups in total. The van der Waals surface area contributed by atoms with Crippen LogP contribution in [0.1, 0.15) is 176 Å². The molecule has 1 unspecified atom stereocenters. The van der Waals surface area contributed by atoms with Crippen LogP contribution < -0.4 is 30.2 Å². The summed E-state index contributed by atoms with van der Waals surface area (Å²) in [4.78, 5) is 35.0. The third kappa shape index (κ3) is 17.4. The van der Waals surface area contributed by atoms with E-state index in [4.69, 9.17) is 14.2 Å². The molecule has 0 aromatic heterocycles. The Balaban J connectivity index is 2.14. The van der Waals surface area contributed by atoms with E-state index in [2.05, 4.69) is 162 Å². The van der Waals surface area contributed by atoms with E-state index in [-0.39, 0.29) is 45.8 Å². The summed E-state index contributed by atoms with van der Waals surface area (Å²) in [6.07, 6.45) is 9.65. The standard InChI is InChI=1S/C58H85N3O6/c1-17-53(62)59-26-20-23-29-65-50-33-40(5)43(36-47(50)56(8,9)10)39(4)32-46(44-37-48(57(11,12)13)51(34-41(44)6)66-30-24-21-27-60-54(63)18-2)45-38-49(58(14,15)16)52(35-42(45)7)67-31-25-22-28-61-55(64)19-3/h17-19,33-39,46H,1-3,20-32H2,4-16H3,(H,59,62)(H,60,63)(H,61,64). The summed E-state index contributed by atoms with van der Waals surface area (Å²) in [6.45, 7) is 43.3. The summed E-state index contributed by atoms with van der Waals surface area (Å²) >= 11 is 0. The molecule has 3 rings (SSSR count). The Morgan fingerprint density at radius 2 is 0.776 bits per heavy atom. The average Bonchev–Trinajstić information content (AvgIpc) is 3.24. The third-order valence-electron chi connectivity index (χ3n) is 12.3. The van der Waals surface area contributed by atoms with E-state index in [1.54, 1.807) is 0 Å². The van der Waals surface area contributed by atoms with E-state index in [1.165, 1.54) is 68.3 Å². The maximum absolute atomic E-state index is 11.7. The Morgan fingerprint density at radius 1 is 0.493 bits per heavy atom. The lowest BCUT2D eigenvalue weighted by Crippen LogP contribution is -2.22. The first-order valence-electron chi connectivity index (χ1n) is 24.5. The number of nitrogens with one attached hydrogen (secondary N) is 3. The van der Waals surface area contributed by atoms with Crippen molar-refractivity contribution in [2.24, 2.45) is 0 Å². The molecule has 3 amide bonds. The van der Waals surface area contributed by atoms with Gasteiger partial charge in [0.1, 0.15) is 17.2 Å². The summed E-state index contributed by atoms with van der Waals surface area (Å²) in [6, 6.07) is 13.9.